The van der Waals surface area contributed by atoms with Gasteiger partial charge in [0.25, 0.3) is 5.91 Å². The first-order chi connectivity index (χ1) is 10.7. The van der Waals surface area contributed by atoms with Crippen LogP contribution in [-0.4, -0.2) is 17.6 Å². The first-order valence-corrected chi connectivity index (χ1v) is 6.88. The monoisotopic (exact) mass is 294 g/mol. The molecule has 3 rings (SSSR count). The Morgan fingerprint density at radius 2 is 2.00 bits per heavy atom. The second kappa shape index (κ2) is 5.88. The van der Waals surface area contributed by atoms with E-state index in [1.54, 1.807) is 18.2 Å². The summed E-state index contributed by atoms with van der Waals surface area (Å²) in [4.78, 5) is 14.0. The lowest BCUT2D eigenvalue weighted by Crippen LogP contribution is -2.41. The molecule has 2 aromatic carbocycles. The van der Waals surface area contributed by atoms with Crippen molar-refractivity contribution in [1.82, 2.24) is 0 Å². The number of amides is 1. The zero-order chi connectivity index (χ0) is 15.5. The van der Waals surface area contributed by atoms with E-state index in [9.17, 15) is 9.90 Å². The number of anilines is 1. The highest BCUT2D eigenvalue weighted by Gasteiger charge is 2.35. The summed E-state index contributed by atoms with van der Waals surface area (Å²) in [7, 11) is 0. The zero-order valence-corrected chi connectivity index (χ0v) is 11.8. The fraction of sp³-hybridized carbons (Fsp3) is 0.176. The summed E-state index contributed by atoms with van der Waals surface area (Å²) < 4.78 is 5.84. The van der Waals surface area contributed by atoms with Crippen molar-refractivity contribution in [2.24, 2.45) is 0 Å². The molecule has 0 bridgehead atoms. The summed E-state index contributed by atoms with van der Waals surface area (Å²) in [5.74, 6) is 0.229. The minimum Gasteiger partial charge on any atom is -0.474 e. The lowest BCUT2D eigenvalue weighted by molar-refractivity contribution is -0.126. The van der Waals surface area contributed by atoms with Gasteiger partial charge in [0.15, 0.2) is 0 Å². The average Bonchev–Trinajstić information content (AvgIpc) is 2.57. The third-order valence-electron chi connectivity index (χ3n) is 3.56. The van der Waals surface area contributed by atoms with Crippen molar-refractivity contribution in [3.05, 3.63) is 59.7 Å². The Bertz CT molecular complexity index is 737. The van der Waals surface area contributed by atoms with E-state index in [2.05, 4.69) is 0 Å². The van der Waals surface area contributed by atoms with Crippen molar-refractivity contribution in [3.63, 3.8) is 0 Å². The highest BCUT2D eigenvalue weighted by molar-refractivity contribution is 6.00. The predicted molar refractivity (Wildman–Crippen MR) is 80.1 cm³/mol. The fourth-order valence-electron chi connectivity index (χ4n) is 2.48. The summed E-state index contributed by atoms with van der Waals surface area (Å²) in [5.41, 5.74) is 1.98. The number of ether oxygens (including phenoxy) is 1. The van der Waals surface area contributed by atoms with Crippen LogP contribution < -0.4 is 9.64 Å². The van der Waals surface area contributed by atoms with Crippen molar-refractivity contribution in [2.45, 2.75) is 12.7 Å². The number of fused-ring (bicyclic) bond motifs is 1. The topological polar surface area (TPSA) is 73.6 Å². The van der Waals surface area contributed by atoms with Crippen molar-refractivity contribution in [2.75, 3.05) is 11.4 Å². The number of carbonyl (C=O) groups is 1. The molecule has 110 valence electrons. The van der Waals surface area contributed by atoms with Crippen LogP contribution in [0, 0.1) is 11.3 Å². The van der Waals surface area contributed by atoms with E-state index < -0.39 is 6.10 Å². The average molecular weight is 294 g/mol. The summed E-state index contributed by atoms with van der Waals surface area (Å²) in [5, 5.41) is 18.2. The van der Waals surface area contributed by atoms with E-state index in [4.69, 9.17) is 10.00 Å². The smallest absolute Gasteiger partial charge is 0.273 e. The molecule has 0 saturated carbocycles. The van der Waals surface area contributed by atoms with Crippen molar-refractivity contribution < 1.29 is 14.6 Å². The fourth-order valence-corrected chi connectivity index (χ4v) is 2.48. The van der Waals surface area contributed by atoms with Crippen LogP contribution in [0.3, 0.4) is 0 Å². The van der Waals surface area contributed by atoms with Gasteiger partial charge in [-0.2, -0.15) is 5.26 Å². The van der Waals surface area contributed by atoms with Crippen LogP contribution in [0.1, 0.15) is 17.2 Å². The highest BCUT2D eigenvalue weighted by atomic mass is 16.5. The molecule has 0 radical (unpaired) electrons. The molecule has 0 aliphatic carbocycles. The second-order valence-corrected chi connectivity index (χ2v) is 4.95. The maximum absolute atomic E-state index is 12.6. The van der Waals surface area contributed by atoms with Gasteiger partial charge >= 0.3 is 0 Å². The minimum absolute atomic E-state index is 0.0446. The molecule has 22 heavy (non-hydrogen) atoms. The lowest BCUT2D eigenvalue weighted by atomic mass is 10.0. The first-order valence-electron chi connectivity index (χ1n) is 6.88. The number of nitrogens with zero attached hydrogens (tertiary/aromatic N) is 2. The van der Waals surface area contributed by atoms with Crippen LogP contribution in [0.15, 0.2) is 48.5 Å². The van der Waals surface area contributed by atoms with Crippen LogP contribution in [0.2, 0.25) is 0 Å². The molecule has 0 saturated heterocycles. The Kier molecular flexibility index (Phi) is 3.77. The van der Waals surface area contributed by atoms with E-state index in [1.807, 2.05) is 36.4 Å². The van der Waals surface area contributed by atoms with Gasteiger partial charge in [-0.3, -0.25) is 9.69 Å². The first kappa shape index (κ1) is 14.1. The molecule has 1 unspecified atom stereocenters. The lowest BCUT2D eigenvalue weighted by Gasteiger charge is -2.33. The molecule has 0 spiro atoms. The molecule has 2 aromatic rings. The third-order valence-corrected chi connectivity index (χ3v) is 3.56. The van der Waals surface area contributed by atoms with Crippen LogP contribution in [0.5, 0.6) is 5.75 Å². The quantitative estimate of drug-likeness (QED) is 0.880. The summed E-state index contributed by atoms with van der Waals surface area (Å²) in [6.45, 7) is -0.157. The maximum atomic E-state index is 12.6. The zero-order valence-electron chi connectivity index (χ0n) is 11.8. The van der Waals surface area contributed by atoms with Gasteiger partial charge in [-0.1, -0.05) is 36.4 Å². The molecule has 5 nitrogen and oxygen atoms in total. The summed E-state index contributed by atoms with van der Waals surface area (Å²) >= 11 is 0. The van der Waals surface area contributed by atoms with Crippen LogP contribution in [0.4, 0.5) is 5.69 Å². The van der Waals surface area contributed by atoms with Gasteiger partial charge in [0.2, 0.25) is 6.10 Å². The van der Waals surface area contributed by atoms with Crippen LogP contribution in [-0.2, 0) is 11.4 Å². The Labute approximate surface area is 128 Å². The van der Waals surface area contributed by atoms with Crippen LogP contribution in [0.25, 0.3) is 0 Å². The molecule has 1 aliphatic rings. The van der Waals surface area contributed by atoms with Gasteiger partial charge in [0.1, 0.15) is 12.3 Å². The predicted octanol–water partition coefficient (Wildman–Crippen LogP) is 2.17. The Balaban J connectivity index is 2.06. The number of carbonyl (C=O) groups excluding carboxylic acids is 1. The number of aliphatic hydroxyl groups excluding tert-OH is 1. The molecule has 0 aromatic heterocycles. The standard InChI is InChI=1S/C17H14N2O3/c18-8-9-19-14-7-6-12(11-20)10-15(14)22-16(17(19)21)13-4-2-1-3-5-13/h1-7,10,16,20H,9,11H2. The normalized spacial score (nSPS) is 16.6. The highest BCUT2D eigenvalue weighted by Crippen LogP contribution is 2.39. The Morgan fingerprint density at radius 3 is 2.68 bits per heavy atom. The molecule has 1 amide bonds. The number of aliphatic hydroxyl groups is 1. The SMILES string of the molecule is N#CCN1C(=O)C(c2ccccc2)Oc2cc(CO)ccc21. The van der Waals surface area contributed by atoms with Gasteiger partial charge in [-0.15, -0.1) is 0 Å². The number of hydrogen-bond acceptors (Lipinski definition) is 4. The van der Waals surface area contributed by atoms with Gasteiger partial charge < -0.3 is 9.84 Å². The van der Waals surface area contributed by atoms with Gasteiger partial charge in [-0.05, 0) is 17.7 Å². The Hall–Kier alpha value is -2.84. The third kappa shape index (κ3) is 2.41. The molecule has 0 fully saturated rings. The largest absolute Gasteiger partial charge is 0.474 e. The van der Waals surface area contributed by atoms with Crippen molar-refractivity contribution >= 4 is 11.6 Å². The molecule has 1 atom stereocenters. The molecular weight excluding hydrogens is 280 g/mol. The molecule has 5 heteroatoms. The molecule has 1 N–H and O–H groups in total. The van der Waals surface area contributed by atoms with E-state index in [0.717, 1.165) is 5.56 Å². The Morgan fingerprint density at radius 1 is 1.23 bits per heavy atom. The number of hydrogen-bond donors (Lipinski definition) is 1. The van der Waals surface area contributed by atoms with Crippen LogP contribution >= 0.6 is 0 Å². The van der Waals surface area contributed by atoms with Crippen molar-refractivity contribution in [3.8, 4) is 11.8 Å². The van der Waals surface area contributed by atoms with E-state index in [-0.39, 0.29) is 19.1 Å². The summed E-state index contributed by atoms with van der Waals surface area (Å²) in [6.07, 6.45) is -0.781. The maximum Gasteiger partial charge on any atom is 0.273 e. The van der Waals surface area contributed by atoms with Gasteiger partial charge in [-0.25, -0.2) is 0 Å². The second-order valence-electron chi connectivity index (χ2n) is 4.95. The minimum atomic E-state index is -0.781. The summed E-state index contributed by atoms with van der Waals surface area (Å²) in [6, 6.07) is 16.3. The number of nitriles is 1. The van der Waals surface area contributed by atoms with E-state index in [1.165, 1.54) is 4.90 Å². The number of benzene rings is 2. The van der Waals surface area contributed by atoms with Crippen molar-refractivity contribution in [1.29, 1.82) is 5.26 Å². The van der Waals surface area contributed by atoms with E-state index >= 15 is 0 Å². The van der Waals surface area contributed by atoms with Gasteiger partial charge in [0, 0.05) is 5.56 Å². The molecule has 1 heterocycles. The molecule has 1 aliphatic heterocycles. The molecular formula is C17H14N2O3. The number of rotatable bonds is 3. The van der Waals surface area contributed by atoms with Gasteiger partial charge in [0.05, 0.1) is 18.4 Å². The van der Waals surface area contributed by atoms with E-state index in [0.29, 0.717) is 17.0 Å².